The third-order valence-electron chi connectivity index (χ3n) is 10.5. The van der Waals surface area contributed by atoms with Crippen molar-refractivity contribution in [3.8, 4) is 11.8 Å². The van der Waals surface area contributed by atoms with Crippen molar-refractivity contribution in [2.24, 2.45) is 0 Å². The van der Waals surface area contributed by atoms with Crippen LogP contribution in [0.4, 0.5) is 11.5 Å². The molecule has 41 heavy (non-hydrogen) atoms. The number of phenolic OH excluding ortho intramolecular Hbond substituents is 1. The standard InChI is InChI=1S/C31H39ClN6O3/c32-23-14-21(39)15-25(27(23)20-4-5-20)36-13-6-22-24(17-36)33-29(41-19-31-8-2-11-38(31)12-3-9-31)34-28(22)37-10-1-7-30(18-37)16-26(40)35-30/h14-15,20,39H,1-13,16-19H2,(H,35,40). The molecule has 1 aromatic heterocycles. The van der Waals surface area contributed by atoms with Crippen molar-refractivity contribution in [1.29, 1.82) is 0 Å². The van der Waals surface area contributed by atoms with Crippen molar-refractivity contribution in [2.75, 3.05) is 49.1 Å². The fourth-order valence-electron chi connectivity index (χ4n) is 8.35. The summed E-state index contributed by atoms with van der Waals surface area (Å²) in [6.45, 7) is 6.05. The van der Waals surface area contributed by atoms with E-state index in [1.807, 2.05) is 6.07 Å². The summed E-state index contributed by atoms with van der Waals surface area (Å²) in [6.07, 6.45) is 10.5. The van der Waals surface area contributed by atoms with Gasteiger partial charge >= 0.3 is 6.01 Å². The molecule has 10 heteroatoms. The summed E-state index contributed by atoms with van der Waals surface area (Å²) < 4.78 is 6.51. The van der Waals surface area contributed by atoms with Crippen LogP contribution in [-0.2, 0) is 17.8 Å². The molecule has 1 aromatic carbocycles. The van der Waals surface area contributed by atoms with Crippen LogP contribution in [0.15, 0.2) is 12.1 Å². The summed E-state index contributed by atoms with van der Waals surface area (Å²) in [7, 11) is 0. The summed E-state index contributed by atoms with van der Waals surface area (Å²) in [4.78, 5) is 29.3. The number of nitrogens with one attached hydrogen (secondary N) is 1. The number of piperidine rings is 1. The Morgan fingerprint density at radius 1 is 1.05 bits per heavy atom. The van der Waals surface area contributed by atoms with E-state index in [2.05, 4.69) is 20.0 Å². The van der Waals surface area contributed by atoms with Gasteiger partial charge in [0.05, 0.1) is 29.7 Å². The number of phenols is 1. The van der Waals surface area contributed by atoms with Gasteiger partial charge in [0.2, 0.25) is 5.91 Å². The van der Waals surface area contributed by atoms with Crippen LogP contribution < -0.4 is 19.9 Å². The highest BCUT2D eigenvalue weighted by Crippen LogP contribution is 2.50. The zero-order valence-electron chi connectivity index (χ0n) is 23.6. The van der Waals surface area contributed by atoms with Crippen molar-refractivity contribution in [3.05, 3.63) is 34.0 Å². The predicted molar refractivity (Wildman–Crippen MR) is 157 cm³/mol. The van der Waals surface area contributed by atoms with Crippen LogP contribution in [0.25, 0.3) is 0 Å². The normalized spacial score (nSPS) is 27.0. The molecule has 0 bridgehead atoms. The van der Waals surface area contributed by atoms with E-state index in [0.29, 0.717) is 36.5 Å². The number of halogens is 1. The molecule has 2 N–H and O–H groups in total. The topological polar surface area (TPSA) is 94.1 Å². The fraction of sp³-hybridized carbons (Fsp3) is 0.645. The maximum Gasteiger partial charge on any atom is 0.318 e. The quantitative estimate of drug-likeness (QED) is 0.494. The molecule has 5 aliphatic heterocycles. The Balaban J connectivity index is 1.13. The Bertz CT molecular complexity index is 1380. The van der Waals surface area contributed by atoms with E-state index in [0.717, 1.165) is 87.6 Å². The Hall–Kier alpha value is -2.78. The number of ether oxygens (including phenoxy) is 1. The molecular weight excluding hydrogens is 540 g/mol. The molecule has 0 radical (unpaired) electrons. The Kier molecular flexibility index (Phi) is 6.08. The second-order valence-electron chi connectivity index (χ2n) is 13.3. The van der Waals surface area contributed by atoms with Gasteiger partial charge in [-0.05, 0) is 88.4 Å². The number of fused-ring (bicyclic) bond motifs is 2. The fourth-order valence-corrected chi connectivity index (χ4v) is 8.71. The first-order valence-electron chi connectivity index (χ1n) is 15.5. The molecule has 1 spiro atoms. The van der Waals surface area contributed by atoms with Crippen molar-refractivity contribution in [3.63, 3.8) is 0 Å². The summed E-state index contributed by atoms with van der Waals surface area (Å²) in [5.41, 5.74) is 4.32. The van der Waals surface area contributed by atoms with Crippen LogP contribution in [0.3, 0.4) is 0 Å². The largest absolute Gasteiger partial charge is 0.508 e. The number of aromatic nitrogens is 2. The van der Waals surface area contributed by atoms with Gasteiger partial charge < -0.3 is 25.0 Å². The van der Waals surface area contributed by atoms with Crippen molar-refractivity contribution >= 4 is 29.0 Å². The number of β-lactam (4-membered cyclic amide) rings is 1. The smallest absolute Gasteiger partial charge is 0.318 e. The van der Waals surface area contributed by atoms with E-state index in [1.165, 1.54) is 31.2 Å². The van der Waals surface area contributed by atoms with E-state index in [1.54, 1.807) is 6.07 Å². The van der Waals surface area contributed by atoms with Crippen LogP contribution in [0.5, 0.6) is 11.8 Å². The minimum absolute atomic E-state index is 0.119. The number of amides is 1. The summed E-state index contributed by atoms with van der Waals surface area (Å²) in [5, 5.41) is 14.3. The van der Waals surface area contributed by atoms with Crippen LogP contribution in [-0.4, -0.2) is 76.3 Å². The van der Waals surface area contributed by atoms with Gasteiger partial charge in [0.25, 0.3) is 0 Å². The predicted octanol–water partition coefficient (Wildman–Crippen LogP) is 4.14. The Morgan fingerprint density at radius 2 is 1.83 bits per heavy atom. The van der Waals surface area contributed by atoms with Crippen LogP contribution in [0, 0.1) is 0 Å². The lowest BCUT2D eigenvalue weighted by Gasteiger charge is -2.49. The molecule has 6 heterocycles. The van der Waals surface area contributed by atoms with Gasteiger partial charge in [-0.1, -0.05) is 11.6 Å². The van der Waals surface area contributed by atoms with Gasteiger partial charge in [-0.3, -0.25) is 9.69 Å². The summed E-state index contributed by atoms with van der Waals surface area (Å²) in [5.74, 6) is 1.77. The third-order valence-corrected chi connectivity index (χ3v) is 10.8. The summed E-state index contributed by atoms with van der Waals surface area (Å²) >= 11 is 6.67. The third kappa shape index (κ3) is 4.51. The van der Waals surface area contributed by atoms with Crippen LogP contribution >= 0.6 is 11.6 Å². The minimum atomic E-state index is -0.139. The number of nitrogens with zero attached hydrogens (tertiary/aromatic N) is 5. The molecule has 4 saturated heterocycles. The lowest BCUT2D eigenvalue weighted by Crippen LogP contribution is -2.68. The van der Waals surface area contributed by atoms with Crippen molar-refractivity contribution < 1.29 is 14.6 Å². The SMILES string of the molecule is O=C1CC2(CCCN(c3nc(OCC45CCCN4CCC5)nc4c3CCN(c3cc(O)cc(Cl)c3C3CC3)C4)C2)N1. The number of rotatable bonds is 6. The van der Waals surface area contributed by atoms with Gasteiger partial charge in [-0.25, -0.2) is 0 Å². The lowest BCUT2D eigenvalue weighted by atomic mass is 9.79. The zero-order chi connectivity index (χ0) is 27.8. The first-order chi connectivity index (χ1) is 19.9. The van der Waals surface area contributed by atoms with Gasteiger partial charge in [-0.2, -0.15) is 9.97 Å². The molecule has 9 nitrogen and oxygen atoms in total. The van der Waals surface area contributed by atoms with Gasteiger partial charge in [-0.15, -0.1) is 0 Å². The molecule has 1 atom stereocenters. The first-order valence-corrected chi connectivity index (χ1v) is 15.9. The van der Waals surface area contributed by atoms with Gasteiger partial charge in [0.15, 0.2) is 0 Å². The van der Waals surface area contributed by atoms with E-state index < -0.39 is 0 Å². The number of anilines is 2. The van der Waals surface area contributed by atoms with Crippen LogP contribution in [0.1, 0.15) is 80.5 Å². The maximum absolute atomic E-state index is 11.9. The number of carbonyl (C=O) groups is 1. The molecule has 1 amide bonds. The average molecular weight is 579 g/mol. The van der Waals surface area contributed by atoms with Gasteiger partial charge in [0.1, 0.15) is 18.2 Å². The van der Waals surface area contributed by atoms with E-state index >= 15 is 0 Å². The summed E-state index contributed by atoms with van der Waals surface area (Å²) in [6, 6.07) is 4.00. The molecule has 6 aliphatic rings. The first kappa shape index (κ1) is 25.9. The van der Waals surface area contributed by atoms with Crippen LogP contribution in [0.2, 0.25) is 5.02 Å². The highest BCUT2D eigenvalue weighted by atomic mass is 35.5. The highest BCUT2D eigenvalue weighted by molar-refractivity contribution is 6.32. The van der Waals surface area contributed by atoms with E-state index in [4.69, 9.17) is 26.3 Å². The molecule has 218 valence electrons. The van der Waals surface area contributed by atoms with Crippen molar-refractivity contribution in [2.45, 2.75) is 87.7 Å². The van der Waals surface area contributed by atoms with Gasteiger partial charge in [0, 0.05) is 42.0 Å². The second-order valence-corrected chi connectivity index (χ2v) is 13.7. The molecule has 8 rings (SSSR count). The Labute approximate surface area is 246 Å². The number of benzene rings is 1. The Morgan fingerprint density at radius 3 is 2.59 bits per heavy atom. The van der Waals surface area contributed by atoms with E-state index in [9.17, 15) is 9.90 Å². The van der Waals surface area contributed by atoms with E-state index in [-0.39, 0.29) is 22.7 Å². The monoisotopic (exact) mass is 578 g/mol. The number of hydrogen-bond donors (Lipinski definition) is 2. The number of carbonyl (C=O) groups excluding carboxylic acids is 1. The lowest BCUT2D eigenvalue weighted by molar-refractivity contribution is -0.133. The van der Waals surface area contributed by atoms with Crippen molar-refractivity contribution in [1.82, 2.24) is 20.2 Å². The second kappa shape index (κ2) is 9.63. The zero-order valence-corrected chi connectivity index (χ0v) is 24.4. The minimum Gasteiger partial charge on any atom is -0.508 e. The molecule has 1 unspecified atom stereocenters. The molecule has 2 aromatic rings. The molecular formula is C31H39ClN6O3. The molecule has 1 saturated carbocycles. The molecule has 5 fully saturated rings. The average Bonchev–Trinajstić information content (AvgIpc) is 3.57. The number of hydrogen-bond acceptors (Lipinski definition) is 8. The molecule has 1 aliphatic carbocycles. The highest BCUT2D eigenvalue weighted by Gasteiger charge is 2.47. The maximum atomic E-state index is 11.9. The number of aromatic hydroxyl groups is 1.